The van der Waals surface area contributed by atoms with E-state index in [0.29, 0.717) is 34.5 Å². The first-order valence-corrected chi connectivity index (χ1v) is 15.2. The number of halogens is 1. The van der Waals surface area contributed by atoms with E-state index in [2.05, 4.69) is 36.5 Å². The number of rotatable bonds is 11. The standard InChI is InChI=1S/C36H44FN5O4/c1-9-11-12-27(19-15-23(10-2)32(43)35(46)41(6)7)38-31-22-29(40-42(8)34(31)45)25-16-20-28(37)30(21-25)39-33(44)24-13-17-26(18-14-24)36(3,4)5/h10,12-22,32,38,43H,9,11H2,1-8H3,(H,39,44). The quantitative estimate of drug-likeness (QED) is 0.218. The SMILES string of the molecule is CC=C(C=CC(=CCCC)Nc1cc(-c2ccc(F)c(NC(=O)c3ccc(C(C)(C)C)cc3)c2)nn(C)c1=O)C(O)C(=O)N(C)C. The van der Waals surface area contributed by atoms with Gasteiger partial charge in [0.05, 0.1) is 11.4 Å². The Morgan fingerprint density at radius 1 is 1.04 bits per heavy atom. The van der Waals surface area contributed by atoms with Crippen molar-refractivity contribution >= 4 is 23.2 Å². The number of allylic oxidation sites excluding steroid dienone is 3. The number of aliphatic hydroxyl groups excluding tert-OH is 1. The van der Waals surface area contributed by atoms with Crippen LogP contribution in [0.15, 0.2) is 88.9 Å². The molecule has 0 fully saturated rings. The lowest BCUT2D eigenvalue weighted by atomic mass is 9.87. The molecule has 1 unspecified atom stereocenters. The molecule has 0 saturated carbocycles. The number of hydrogen-bond acceptors (Lipinski definition) is 6. The van der Waals surface area contributed by atoms with Gasteiger partial charge in [0.15, 0.2) is 6.10 Å². The largest absolute Gasteiger partial charge is 0.378 e. The van der Waals surface area contributed by atoms with E-state index in [-0.39, 0.29) is 16.8 Å². The average Bonchev–Trinajstić information content (AvgIpc) is 3.01. The Bertz CT molecular complexity index is 1710. The molecule has 1 heterocycles. The summed E-state index contributed by atoms with van der Waals surface area (Å²) in [6.45, 7) is 9.99. The van der Waals surface area contributed by atoms with Crippen LogP contribution in [0.5, 0.6) is 0 Å². The van der Waals surface area contributed by atoms with E-state index in [1.807, 2.05) is 25.1 Å². The average molecular weight is 630 g/mol. The summed E-state index contributed by atoms with van der Waals surface area (Å²) in [5.41, 5.74) is 3.01. The Hall–Kier alpha value is -4.83. The van der Waals surface area contributed by atoms with Gasteiger partial charge in [-0.15, -0.1) is 0 Å². The minimum atomic E-state index is -1.33. The second-order valence-electron chi connectivity index (χ2n) is 12.2. The zero-order valence-corrected chi connectivity index (χ0v) is 27.8. The monoisotopic (exact) mass is 629 g/mol. The molecule has 10 heteroatoms. The van der Waals surface area contributed by atoms with Crippen molar-refractivity contribution in [2.24, 2.45) is 7.05 Å². The first-order chi connectivity index (χ1) is 21.7. The molecule has 1 aromatic heterocycles. The van der Waals surface area contributed by atoms with Gasteiger partial charge < -0.3 is 20.6 Å². The van der Waals surface area contributed by atoms with Crippen LogP contribution < -0.4 is 16.2 Å². The Kier molecular flexibility index (Phi) is 12.0. The van der Waals surface area contributed by atoms with Crippen molar-refractivity contribution in [3.8, 4) is 11.3 Å². The van der Waals surface area contributed by atoms with E-state index in [1.54, 1.807) is 57.4 Å². The predicted molar refractivity (Wildman–Crippen MR) is 182 cm³/mol. The molecule has 46 heavy (non-hydrogen) atoms. The van der Waals surface area contributed by atoms with Gasteiger partial charge in [-0.1, -0.05) is 64.5 Å². The zero-order valence-electron chi connectivity index (χ0n) is 27.8. The molecule has 0 aliphatic heterocycles. The van der Waals surface area contributed by atoms with E-state index >= 15 is 0 Å². The number of carbonyl (C=O) groups excluding carboxylic acids is 2. The minimum absolute atomic E-state index is 0.0243. The smallest absolute Gasteiger partial charge is 0.290 e. The van der Waals surface area contributed by atoms with Crippen LogP contribution >= 0.6 is 0 Å². The number of nitrogens with one attached hydrogen (secondary N) is 2. The van der Waals surface area contributed by atoms with E-state index < -0.39 is 29.3 Å². The van der Waals surface area contributed by atoms with Gasteiger partial charge in [0.25, 0.3) is 17.4 Å². The van der Waals surface area contributed by atoms with E-state index in [9.17, 15) is 23.9 Å². The fourth-order valence-electron chi connectivity index (χ4n) is 4.47. The number of amides is 2. The molecule has 2 aromatic carbocycles. The molecule has 2 amide bonds. The van der Waals surface area contributed by atoms with Crippen molar-refractivity contribution < 1.29 is 19.1 Å². The van der Waals surface area contributed by atoms with Gasteiger partial charge in [-0.05, 0) is 72.4 Å². The summed E-state index contributed by atoms with van der Waals surface area (Å²) in [5, 5.41) is 20.7. The molecular weight excluding hydrogens is 585 g/mol. The lowest BCUT2D eigenvalue weighted by molar-refractivity contribution is -0.135. The summed E-state index contributed by atoms with van der Waals surface area (Å²) in [6, 6.07) is 13.0. The summed E-state index contributed by atoms with van der Waals surface area (Å²) < 4.78 is 16.0. The Labute approximate surface area is 270 Å². The number of unbranched alkanes of at least 4 members (excludes halogenated alkanes) is 1. The highest BCUT2D eigenvalue weighted by Crippen LogP contribution is 2.26. The number of carbonyl (C=O) groups is 2. The van der Waals surface area contributed by atoms with Crippen molar-refractivity contribution in [1.29, 1.82) is 0 Å². The number of aliphatic hydroxyl groups is 1. The lowest BCUT2D eigenvalue weighted by Gasteiger charge is -2.19. The topological polar surface area (TPSA) is 117 Å². The van der Waals surface area contributed by atoms with Crippen LogP contribution in [0.4, 0.5) is 15.8 Å². The molecule has 244 valence electrons. The van der Waals surface area contributed by atoms with Gasteiger partial charge in [-0.2, -0.15) is 5.10 Å². The highest BCUT2D eigenvalue weighted by molar-refractivity contribution is 6.04. The number of nitrogens with zero attached hydrogens (tertiary/aromatic N) is 3. The number of likely N-dealkylation sites (N-methyl/N-ethyl adjacent to an activating group) is 1. The Balaban J connectivity index is 1.92. The molecular formula is C36H44FN5O4. The molecule has 3 aromatic rings. The maximum Gasteiger partial charge on any atom is 0.290 e. The van der Waals surface area contributed by atoms with Crippen molar-refractivity contribution in [3.63, 3.8) is 0 Å². The van der Waals surface area contributed by atoms with Gasteiger partial charge in [0, 0.05) is 38.0 Å². The fourth-order valence-corrected chi connectivity index (χ4v) is 4.47. The van der Waals surface area contributed by atoms with Crippen molar-refractivity contribution in [2.45, 2.75) is 59.0 Å². The minimum Gasteiger partial charge on any atom is -0.378 e. The third-order valence-corrected chi connectivity index (χ3v) is 7.30. The maximum absolute atomic E-state index is 14.9. The molecule has 0 aliphatic carbocycles. The third-order valence-electron chi connectivity index (χ3n) is 7.30. The molecule has 1 atom stereocenters. The van der Waals surface area contributed by atoms with Crippen LogP contribution in [0.3, 0.4) is 0 Å². The molecule has 0 saturated heterocycles. The van der Waals surface area contributed by atoms with E-state index in [4.69, 9.17) is 0 Å². The van der Waals surface area contributed by atoms with E-state index in [1.165, 1.54) is 34.8 Å². The van der Waals surface area contributed by atoms with Crippen LogP contribution in [0, 0.1) is 5.82 Å². The number of hydrogen-bond donors (Lipinski definition) is 3. The first-order valence-electron chi connectivity index (χ1n) is 15.2. The molecule has 0 radical (unpaired) electrons. The molecule has 0 bridgehead atoms. The first kappa shape index (κ1) is 35.6. The lowest BCUT2D eigenvalue weighted by Crippen LogP contribution is -2.34. The van der Waals surface area contributed by atoms with Gasteiger partial charge in [0.1, 0.15) is 11.5 Å². The summed E-state index contributed by atoms with van der Waals surface area (Å²) in [6.07, 6.45) is 7.09. The predicted octanol–water partition coefficient (Wildman–Crippen LogP) is 6.18. The van der Waals surface area contributed by atoms with Gasteiger partial charge in [-0.25, -0.2) is 9.07 Å². The molecule has 9 nitrogen and oxygen atoms in total. The normalized spacial score (nSPS) is 13.1. The summed E-state index contributed by atoms with van der Waals surface area (Å²) >= 11 is 0. The second kappa shape index (κ2) is 15.4. The number of aromatic nitrogens is 2. The van der Waals surface area contributed by atoms with Crippen molar-refractivity contribution in [1.82, 2.24) is 14.7 Å². The summed E-state index contributed by atoms with van der Waals surface area (Å²) in [7, 11) is 4.64. The molecule has 0 aliphatic rings. The Morgan fingerprint density at radius 3 is 2.30 bits per heavy atom. The highest BCUT2D eigenvalue weighted by Gasteiger charge is 2.20. The summed E-state index contributed by atoms with van der Waals surface area (Å²) in [4.78, 5) is 39.7. The second-order valence-corrected chi connectivity index (χ2v) is 12.2. The van der Waals surface area contributed by atoms with Crippen LogP contribution in [-0.4, -0.2) is 51.8 Å². The summed E-state index contributed by atoms with van der Waals surface area (Å²) in [5.74, 6) is -1.52. The van der Waals surface area contributed by atoms with E-state index in [0.717, 1.165) is 12.0 Å². The fraction of sp³-hybridized carbons (Fsp3) is 0.333. The maximum atomic E-state index is 14.9. The number of benzene rings is 2. The van der Waals surface area contributed by atoms with Crippen LogP contribution in [0.25, 0.3) is 11.3 Å². The third kappa shape index (κ3) is 9.10. The van der Waals surface area contributed by atoms with Gasteiger partial charge in [-0.3, -0.25) is 14.4 Å². The van der Waals surface area contributed by atoms with Gasteiger partial charge >= 0.3 is 0 Å². The van der Waals surface area contributed by atoms with Crippen LogP contribution in [0.2, 0.25) is 0 Å². The van der Waals surface area contributed by atoms with Crippen molar-refractivity contribution in [2.75, 3.05) is 24.7 Å². The van der Waals surface area contributed by atoms with Gasteiger partial charge in [0.2, 0.25) is 0 Å². The highest BCUT2D eigenvalue weighted by atomic mass is 19.1. The Morgan fingerprint density at radius 2 is 1.72 bits per heavy atom. The molecule has 3 N–H and O–H groups in total. The molecule has 0 spiro atoms. The number of anilines is 2. The van der Waals surface area contributed by atoms with Crippen LogP contribution in [-0.2, 0) is 17.3 Å². The zero-order chi connectivity index (χ0) is 34.2. The molecule has 3 rings (SSSR count). The van der Waals surface area contributed by atoms with Crippen molar-refractivity contribution in [3.05, 3.63) is 111 Å². The number of aryl methyl sites for hydroxylation is 1. The van der Waals surface area contributed by atoms with Crippen LogP contribution in [0.1, 0.15) is 63.4 Å².